The topological polar surface area (TPSA) is 108 Å². The zero-order chi connectivity index (χ0) is 24.8. The molecule has 0 unspecified atom stereocenters. The van der Waals surface area contributed by atoms with Gasteiger partial charge in [-0.3, -0.25) is 9.52 Å². The van der Waals surface area contributed by atoms with Crippen LogP contribution in [0.2, 0.25) is 0 Å². The lowest BCUT2D eigenvalue weighted by molar-refractivity contribution is -0.129. The lowest BCUT2D eigenvalue weighted by atomic mass is 10.2. The average molecular weight is 499 g/mol. The molecule has 35 heavy (non-hydrogen) atoms. The highest BCUT2D eigenvalue weighted by Crippen LogP contribution is 2.22. The predicted molar refractivity (Wildman–Crippen MR) is 136 cm³/mol. The van der Waals surface area contributed by atoms with E-state index in [0.29, 0.717) is 26.2 Å². The van der Waals surface area contributed by atoms with E-state index in [2.05, 4.69) is 19.6 Å². The van der Waals surface area contributed by atoms with Crippen molar-refractivity contribution in [3.63, 3.8) is 0 Å². The number of amides is 1. The number of aromatic nitrogens is 2. The van der Waals surface area contributed by atoms with E-state index in [1.54, 1.807) is 31.4 Å². The molecule has 2 heterocycles. The minimum atomic E-state index is -3.74. The molecule has 1 aliphatic rings. The van der Waals surface area contributed by atoms with Crippen molar-refractivity contribution >= 4 is 33.1 Å². The number of likely N-dealkylation sites (N-methyl/N-ethyl adjacent to an activating group) is 1. The van der Waals surface area contributed by atoms with Gasteiger partial charge in [-0.2, -0.15) is 0 Å². The second-order valence-electron chi connectivity index (χ2n) is 8.12. The van der Waals surface area contributed by atoms with Crippen molar-refractivity contribution in [2.45, 2.75) is 4.90 Å². The number of nitrogens with one attached hydrogen (secondary N) is 1. The second-order valence-corrected chi connectivity index (χ2v) is 9.80. The van der Waals surface area contributed by atoms with E-state index in [4.69, 9.17) is 4.74 Å². The molecule has 1 fully saturated rings. The first-order valence-corrected chi connectivity index (χ1v) is 12.6. The van der Waals surface area contributed by atoms with Crippen LogP contribution in [0.4, 0.5) is 17.2 Å². The normalized spacial score (nSPS) is 13.9. The molecule has 1 N–H and O–H groups in total. The number of ether oxygens (including phenoxy) is 1. The number of nitrogens with zero attached hydrogens (tertiary/aromatic N) is 5. The van der Waals surface area contributed by atoms with Gasteiger partial charge in [0.1, 0.15) is 17.9 Å². The van der Waals surface area contributed by atoms with E-state index in [9.17, 15) is 13.2 Å². The number of sulfonamides is 1. The number of hydrogen-bond acceptors (Lipinski definition) is 8. The van der Waals surface area contributed by atoms with Crippen molar-refractivity contribution < 1.29 is 19.4 Å². The molecular weight excluding hydrogens is 468 g/mol. The van der Waals surface area contributed by atoms with E-state index >= 15 is 0 Å². The number of anilines is 3. The Bertz CT molecular complexity index is 1240. The average Bonchev–Trinajstić information content (AvgIpc) is 2.89. The van der Waals surface area contributed by atoms with Crippen molar-refractivity contribution in [1.82, 2.24) is 14.9 Å². The maximum atomic E-state index is 12.8. The zero-order valence-electron chi connectivity index (χ0n) is 19.7. The van der Waals surface area contributed by atoms with Crippen LogP contribution in [-0.2, 0) is 14.8 Å². The van der Waals surface area contributed by atoms with Gasteiger partial charge in [0.05, 0.1) is 18.6 Å². The first kappa shape index (κ1) is 24.3. The lowest BCUT2D eigenvalue weighted by Gasteiger charge is -2.37. The Kier molecular flexibility index (Phi) is 7.35. The number of piperazine rings is 1. The third kappa shape index (κ3) is 5.99. The maximum absolute atomic E-state index is 12.8. The van der Waals surface area contributed by atoms with Crippen molar-refractivity contribution in [3.05, 3.63) is 67.1 Å². The van der Waals surface area contributed by atoms with E-state index in [-0.39, 0.29) is 24.6 Å². The van der Waals surface area contributed by atoms with Crippen molar-refractivity contribution in [3.8, 4) is 5.75 Å². The number of methoxy groups -OCH3 is 1. The summed E-state index contributed by atoms with van der Waals surface area (Å²) in [4.78, 5) is 26.6. The van der Waals surface area contributed by atoms with E-state index in [1.165, 1.54) is 18.6 Å². The van der Waals surface area contributed by atoms with Crippen LogP contribution >= 0.6 is 0 Å². The zero-order valence-corrected chi connectivity index (χ0v) is 20.5. The highest BCUT2D eigenvalue weighted by molar-refractivity contribution is 7.92. The van der Waals surface area contributed by atoms with Crippen molar-refractivity contribution in [2.75, 3.05) is 61.4 Å². The highest BCUT2D eigenvalue weighted by atomic mass is 32.2. The smallest absolute Gasteiger partial charge is 0.263 e. The van der Waals surface area contributed by atoms with Gasteiger partial charge in [-0.1, -0.05) is 0 Å². The van der Waals surface area contributed by atoms with Crippen LogP contribution in [0.15, 0.2) is 72.0 Å². The Morgan fingerprint density at radius 1 is 1.06 bits per heavy atom. The summed E-state index contributed by atoms with van der Waals surface area (Å²) in [7, 11) is -0.226. The molecule has 0 atom stereocenters. The van der Waals surface area contributed by atoms with Gasteiger partial charge in [0.2, 0.25) is 5.91 Å². The molecule has 2 aromatic carbocycles. The fraction of sp³-hybridized carbons (Fsp3) is 0.292. The summed E-state index contributed by atoms with van der Waals surface area (Å²) < 4.78 is 32.8. The first-order chi connectivity index (χ1) is 16.9. The van der Waals surface area contributed by atoms with Crippen LogP contribution in [0.1, 0.15) is 1.43 Å². The van der Waals surface area contributed by atoms with Crippen LogP contribution in [-0.4, -0.2) is 76.1 Å². The van der Waals surface area contributed by atoms with Gasteiger partial charge < -0.3 is 19.4 Å². The Hall–Kier alpha value is -3.86. The second kappa shape index (κ2) is 10.6. The number of carbonyl (C=O) groups excluding carboxylic acids is 1. The van der Waals surface area contributed by atoms with Gasteiger partial charge >= 0.3 is 0 Å². The molecule has 1 saturated heterocycles. The molecule has 3 aromatic rings. The quantitative estimate of drug-likeness (QED) is 0.504. The van der Waals surface area contributed by atoms with Gasteiger partial charge in [0, 0.05) is 52.2 Å². The number of hydrogen-bond donors (Lipinski definition) is 1. The molecule has 0 saturated carbocycles. The molecule has 186 valence electrons. The third-order valence-electron chi connectivity index (χ3n) is 5.85. The van der Waals surface area contributed by atoms with Gasteiger partial charge in [-0.05, 0) is 54.6 Å². The lowest BCUT2D eigenvalue weighted by Crippen LogP contribution is -2.51. The van der Waals surface area contributed by atoms with Crippen LogP contribution in [0.5, 0.6) is 5.75 Å². The molecule has 1 aliphatic heterocycles. The van der Waals surface area contributed by atoms with Gasteiger partial charge in [0.25, 0.3) is 10.0 Å². The molecule has 10 nitrogen and oxygen atoms in total. The summed E-state index contributed by atoms with van der Waals surface area (Å²) in [6.45, 7) is 2.83. The van der Waals surface area contributed by atoms with Gasteiger partial charge in [-0.25, -0.2) is 18.4 Å². The Morgan fingerprint density at radius 2 is 1.74 bits per heavy atom. The standard InChI is InChI=1S/C24H28N6O4S.H2/c1-28(19-3-7-21(34-2)8-4-19)17-24(31)30-15-13-29(14-16-30)20-5-9-22(10-6-20)35(32,33)27-23-11-12-25-18-26-23;/h3-12,18H,13-17H2,1-2H3,(H,25,26,27);1H. The summed E-state index contributed by atoms with van der Waals surface area (Å²) in [5, 5.41) is 0. The maximum Gasteiger partial charge on any atom is 0.263 e. The van der Waals surface area contributed by atoms with Crippen molar-refractivity contribution in [1.29, 1.82) is 0 Å². The molecule has 0 spiro atoms. The number of rotatable bonds is 8. The largest absolute Gasteiger partial charge is 0.497 e. The number of carbonyl (C=O) groups is 1. The predicted octanol–water partition coefficient (Wildman–Crippen LogP) is 2.32. The third-order valence-corrected chi connectivity index (χ3v) is 7.22. The van der Waals surface area contributed by atoms with E-state index < -0.39 is 10.0 Å². The monoisotopic (exact) mass is 498 g/mol. The minimum Gasteiger partial charge on any atom is -0.497 e. The molecule has 11 heteroatoms. The Morgan fingerprint density at radius 3 is 2.34 bits per heavy atom. The van der Waals surface area contributed by atoms with Crippen molar-refractivity contribution in [2.24, 2.45) is 0 Å². The summed E-state index contributed by atoms with van der Waals surface area (Å²) in [6.07, 6.45) is 2.75. The molecule has 0 aliphatic carbocycles. The molecular formula is C24H30N6O4S. The highest BCUT2D eigenvalue weighted by Gasteiger charge is 2.23. The van der Waals surface area contributed by atoms with Gasteiger partial charge in [-0.15, -0.1) is 0 Å². The molecule has 0 bridgehead atoms. The van der Waals surface area contributed by atoms with Crippen LogP contribution in [0.25, 0.3) is 0 Å². The summed E-state index contributed by atoms with van der Waals surface area (Å²) in [5.41, 5.74) is 1.86. The fourth-order valence-corrected chi connectivity index (χ4v) is 4.84. The molecule has 0 radical (unpaired) electrons. The Balaban J connectivity index is 0.00000361. The first-order valence-electron chi connectivity index (χ1n) is 11.1. The summed E-state index contributed by atoms with van der Waals surface area (Å²) in [6, 6.07) is 15.8. The summed E-state index contributed by atoms with van der Waals surface area (Å²) >= 11 is 0. The number of benzene rings is 2. The van der Waals surface area contributed by atoms with E-state index in [1.807, 2.05) is 41.1 Å². The van der Waals surface area contributed by atoms with Crippen LogP contribution in [0, 0.1) is 0 Å². The van der Waals surface area contributed by atoms with Crippen LogP contribution < -0.4 is 19.3 Å². The summed E-state index contributed by atoms with van der Waals surface area (Å²) in [5.74, 6) is 1.06. The Labute approximate surface area is 206 Å². The fourth-order valence-electron chi connectivity index (χ4n) is 3.83. The molecule has 4 rings (SSSR count). The van der Waals surface area contributed by atoms with E-state index in [0.717, 1.165) is 17.1 Å². The molecule has 1 aromatic heterocycles. The molecule has 1 amide bonds. The van der Waals surface area contributed by atoms with Crippen LogP contribution in [0.3, 0.4) is 0 Å². The SMILES string of the molecule is COc1ccc(N(C)CC(=O)N2CCN(c3ccc(S(=O)(=O)Nc4ccncn4)cc3)CC2)cc1.[HH]. The minimum absolute atomic E-state index is 0. The van der Waals surface area contributed by atoms with Gasteiger partial charge in [0.15, 0.2) is 0 Å².